The van der Waals surface area contributed by atoms with Crippen LogP contribution in [0, 0.1) is 0 Å². The second-order valence-electron chi connectivity index (χ2n) is 6.19. The molecule has 142 valence electrons. The Balaban J connectivity index is 1.58. The fourth-order valence-electron chi connectivity index (χ4n) is 2.98. The number of carbonyl (C=O) groups excluding carboxylic acids is 2. The van der Waals surface area contributed by atoms with Gasteiger partial charge >= 0.3 is 12.2 Å². The van der Waals surface area contributed by atoms with E-state index in [9.17, 15) is 22.8 Å². The molecule has 2 fully saturated rings. The Kier molecular flexibility index (Phi) is 5.30. The van der Waals surface area contributed by atoms with Crippen LogP contribution in [0.2, 0.25) is 0 Å². The summed E-state index contributed by atoms with van der Waals surface area (Å²) in [5.74, 6) is -0.442. The number of alkyl halides is 3. The van der Waals surface area contributed by atoms with Gasteiger partial charge in [-0.25, -0.2) is 4.79 Å². The van der Waals surface area contributed by atoms with E-state index in [2.05, 4.69) is 10.3 Å². The lowest BCUT2D eigenvalue weighted by atomic mass is 10.2. The molecule has 2 aliphatic rings. The van der Waals surface area contributed by atoms with Crippen molar-refractivity contribution >= 4 is 17.6 Å². The zero-order chi connectivity index (χ0) is 18.7. The van der Waals surface area contributed by atoms with Crippen LogP contribution < -0.4 is 10.2 Å². The van der Waals surface area contributed by atoms with Crippen molar-refractivity contribution in [1.29, 1.82) is 0 Å². The van der Waals surface area contributed by atoms with Gasteiger partial charge in [0.15, 0.2) is 0 Å². The number of ether oxygens (including phenoxy) is 1. The molecule has 0 radical (unpaired) electrons. The molecule has 1 aromatic heterocycles. The van der Waals surface area contributed by atoms with Crippen LogP contribution in [0.3, 0.4) is 0 Å². The molecule has 3 heterocycles. The normalized spacial score (nSPS) is 21.2. The molecule has 1 N–H and O–H groups in total. The molecule has 0 aromatic carbocycles. The first-order chi connectivity index (χ1) is 12.3. The van der Waals surface area contributed by atoms with E-state index in [1.54, 1.807) is 0 Å². The summed E-state index contributed by atoms with van der Waals surface area (Å²) in [6, 6.07) is 1.81. The lowest BCUT2D eigenvalue weighted by Gasteiger charge is -2.34. The average molecular weight is 372 g/mol. The molecule has 1 unspecified atom stereocenters. The Hall–Kier alpha value is -2.36. The van der Waals surface area contributed by atoms with Crippen molar-refractivity contribution in [3.8, 4) is 0 Å². The number of nitrogens with zero attached hydrogens (tertiary/aromatic N) is 3. The first kappa shape index (κ1) is 18.4. The van der Waals surface area contributed by atoms with Crippen LogP contribution in [0.15, 0.2) is 18.3 Å². The summed E-state index contributed by atoms with van der Waals surface area (Å²) in [4.78, 5) is 30.3. The smallest absolute Gasteiger partial charge is 0.376 e. The van der Waals surface area contributed by atoms with E-state index in [0.717, 1.165) is 25.1 Å². The number of carbonyl (C=O) groups is 2. The van der Waals surface area contributed by atoms with Gasteiger partial charge in [0.25, 0.3) is 0 Å². The summed E-state index contributed by atoms with van der Waals surface area (Å²) < 4.78 is 43.7. The second kappa shape index (κ2) is 7.48. The lowest BCUT2D eigenvalue weighted by Crippen LogP contribution is -2.55. The molecular weight excluding hydrogens is 353 g/mol. The number of hydrogen-bond acceptors (Lipinski definition) is 4. The molecule has 0 saturated carbocycles. The predicted molar refractivity (Wildman–Crippen MR) is 85.5 cm³/mol. The van der Waals surface area contributed by atoms with Gasteiger partial charge in [0.05, 0.1) is 6.10 Å². The van der Waals surface area contributed by atoms with Crippen LogP contribution in [0.1, 0.15) is 18.5 Å². The van der Waals surface area contributed by atoms with Crippen LogP contribution >= 0.6 is 0 Å². The maximum atomic E-state index is 12.8. The Morgan fingerprint density at radius 2 is 2.19 bits per heavy atom. The Morgan fingerprint density at radius 1 is 1.38 bits per heavy atom. The van der Waals surface area contributed by atoms with Crippen LogP contribution in [-0.4, -0.2) is 60.7 Å². The van der Waals surface area contributed by atoms with E-state index in [-0.39, 0.29) is 37.5 Å². The largest absolute Gasteiger partial charge is 0.433 e. The van der Waals surface area contributed by atoms with E-state index >= 15 is 0 Å². The summed E-state index contributed by atoms with van der Waals surface area (Å²) >= 11 is 0. The van der Waals surface area contributed by atoms with Gasteiger partial charge < -0.3 is 19.9 Å². The minimum atomic E-state index is -4.58. The van der Waals surface area contributed by atoms with Gasteiger partial charge in [0.2, 0.25) is 5.91 Å². The number of amides is 3. The number of aromatic nitrogens is 1. The van der Waals surface area contributed by atoms with Gasteiger partial charge in [-0.3, -0.25) is 9.78 Å². The zero-order valence-corrected chi connectivity index (χ0v) is 14.0. The molecule has 3 amide bonds. The van der Waals surface area contributed by atoms with Crippen molar-refractivity contribution < 1.29 is 27.5 Å². The number of halogens is 3. The highest BCUT2D eigenvalue weighted by Gasteiger charge is 2.34. The van der Waals surface area contributed by atoms with Crippen LogP contribution in [0.5, 0.6) is 0 Å². The molecule has 3 rings (SSSR count). The van der Waals surface area contributed by atoms with Crippen LogP contribution in [0.4, 0.5) is 23.7 Å². The van der Waals surface area contributed by atoms with Crippen molar-refractivity contribution in [1.82, 2.24) is 15.2 Å². The Labute approximate surface area is 148 Å². The summed E-state index contributed by atoms with van der Waals surface area (Å²) in [7, 11) is 0. The Bertz CT molecular complexity index is 677. The molecule has 0 aliphatic carbocycles. The van der Waals surface area contributed by atoms with Gasteiger partial charge in [0.1, 0.15) is 12.2 Å². The van der Waals surface area contributed by atoms with Gasteiger partial charge in [-0.15, -0.1) is 0 Å². The van der Waals surface area contributed by atoms with Gasteiger partial charge in [0, 0.05) is 38.1 Å². The number of rotatable bonds is 3. The molecule has 1 aromatic rings. The van der Waals surface area contributed by atoms with Crippen LogP contribution in [-0.2, 0) is 15.7 Å². The molecule has 7 nitrogen and oxygen atoms in total. The van der Waals surface area contributed by atoms with Crippen molar-refractivity contribution in [3.05, 3.63) is 24.0 Å². The van der Waals surface area contributed by atoms with E-state index < -0.39 is 17.8 Å². The van der Waals surface area contributed by atoms with Crippen molar-refractivity contribution in [2.24, 2.45) is 0 Å². The number of anilines is 1. The highest BCUT2D eigenvalue weighted by Crippen LogP contribution is 2.30. The molecule has 2 aliphatic heterocycles. The third-order valence-electron chi connectivity index (χ3n) is 4.36. The average Bonchev–Trinajstić information content (AvgIpc) is 3.12. The second-order valence-corrected chi connectivity index (χ2v) is 6.19. The summed E-state index contributed by atoms with van der Waals surface area (Å²) in [6.45, 7) is 1.22. The number of pyridine rings is 1. The van der Waals surface area contributed by atoms with Crippen molar-refractivity contribution in [2.45, 2.75) is 25.1 Å². The molecule has 0 spiro atoms. The SMILES string of the molecule is O=C(NCC1CCCO1)N1CCN(c2ccnc(C(F)(F)F)c2)C(=O)C1. The zero-order valence-electron chi connectivity index (χ0n) is 14.0. The summed E-state index contributed by atoms with van der Waals surface area (Å²) in [5.41, 5.74) is -0.934. The number of urea groups is 1. The van der Waals surface area contributed by atoms with Gasteiger partial charge in [-0.2, -0.15) is 13.2 Å². The lowest BCUT2D eigenvalue weighted by molar-refractivity contribution is -0.141. The van der Waals surface area contributed by atoms with E-state index in [0.29, 0.717) is 13.2 Å². The molecule has 2 saturated heterocycles. The number of hydrogen-bond donors (Lipinski definition) is 1. The quantitative estimate of drug-likeness (QED) is 0.875. The van der Waals surface area contributed by atoms with E-state index in [4.69, 9.17) is 4.74 Å². The fraction of sp³-hybridized carbons (Fsp3) is 0.562. The maximum absolute atomic E-state index is 12.8. The number of nitrogens with one attached hydrogen (secondary N) is 1. The highest BCUT2D eigenvalue weighted by atomic mass is 19.4. The van der Waals surface area contributed by atoms with Crippen molar-refractivity contribution in [3.63, 3.8) is 0 Å². The monoisotopic (exact) mass is 372 g/mol. The highest BCUT2D eigenvalue weighted by molar-refractivity contribution is 5.97. The third kappa shape index (κ3) is 4.24. The molecule has 1 atom stereocenters. The minimum Gasteiger partial charge on any atom is -0.376 e. The first-order valence-electron chi connectivity index (χ1n) is 8.32. The Morgan fingerprint density at radius 3 is 2.85 bits per heavy atom. The van der Waals surface area contributed by atoms with Crippen LogP contribution in [0.25, 0.3) is 0 Å². The van der Waals surface area contributed by atoms with Gasteiger partial charge in [-0.05, 0) is 25.0 Å². The molecule has 0 bridgehead atoms. The number of piperazine rings is 1. The fourth-order valence-corrected chi connectivity index (χ4v) is 2.98. The first-order valence-corrected chi connectivity index (χ1v) is 8.32. The third-order valence-corrected chi connectivity index (χ3v) is 4.36. The predicted octanol–water partition coefficient (Wildman–Crippen LogP) is 1.64. The molecule has 10 heteroatoms. The minimum absolute atomic E-state index is 0.00597. The summed E-state index contributed by atoms with van der Waals surface area (Å²) in [5, 5.41) is 2.73. The molecule has 26 heavy (non-hydrogen) atoms. The standard InChI is InChI=1S/C16H19F3N4O3/c17-16(18,19)13-8-11(3-4-20-13)23-6-5-22(10-14(23)24)15(25)21-9-12-2-1-7-26-12/h3-4,8,12H,1-2,5-7,9-10H2,(H,21,25). The van der Waals surface area contributed by atoms with E-state index in [1.165, 1.54) is 15.9 Å². The molecular formula is C16H19F3N4O3. The topological polar surface area (TPSA) is 74.8 Å². The summed E-state index contributed by atoms with van der Waals surface area (Å²) in [6.07, 6.45) is -1.72. The van der Waals surface area contributed by atoms with E-state index in [1.807, 2.05) is 0 Å². The maximum Gasteiger partial charge on any atom is 0.433 e. The van der Waals surface area contributed by atoms with Crippen molar-refractivity contribution in [2.75, 3.05) is 37.7 Å². The van der Waals surface area contributed by atoms with Gasteiger partial charge in [-0.1, -0.05) is 0 Å².